The number of piperidine rings is 1. The summed E-state index contributed by atoms with van der Waals surface area (Å²) in [4.78, 5) is 30.0. The quantitative estimate of drug-likeness (QED) is 0.287. The molecule has 0 aliphatic carbocycles. The third kappa shape index (κ3) is 7.20. The number of amides is 1. The lowest BCUT2D eigenvalue weighted by Crippen LogP contribution is -2.50. The van der Waals surface area contributed by atoms with Crippen molar-refractivity contribution >= 4 is 33.5 Å². The van der Waals surface area contributed by atoms with Crippen LogP contribution in [0.1, 0.15) is 36.0 Å². The highest BCUT2D eigenvalue weighted by atomic mass is 32.2. The van der Waals surface area contributed by atoms with E-state index in [0.717, 1.165) is 31.5 Å². The largest absolute Gasteiger partial charge is 0.481 e. The van der Waals surface area contributed by atoms with Crippen LogP contribution in [0.3, 0.4) is 0 Å². The summed E-state index contributed by atoms with van der Waals surface area (Å²) in [7, 11) is -4.21. The molecule has 2 aromatic rings. The highest BCUT2D eigenvalue weighted by Gasteiger charge is 2.28. The van der Waals surface area contributed by atoms with E-state index in [1.54, 1.807) is 11.0 Å². The molecule has 2 heterocycles. The molecule has 14 heteroatoms. The Morgan fingerprint density at radius 2 is 1.82 bits per heavy atom. The van der Waals surface area contributed by atoms with Crippen LogP contribution in [0.25, 0.3) is 0 Å². The summed E-state index contributed by atoms with van der Waals surface area (Å²) in [6, 6.07) is 9.63. The Morgan fingerprint density at radius 1 is 1.10 bits per heavy atom. The third-order valence-corrected chi connectivity index (χ3v) is 7.90. The topological polar surface area (TPSA) is 152 Å². The van der Waals surface area contributed by atoms with E-state index >= 15 is 8.78 Å². The van der Waals surface area contributed by atoms with Crippen molar-refractivity contribution in [1.29, 1.82) is 0 Å². The van der Waals surface area contributed by atoms with Crippen molar-refractivity contribution in [2.45, 2.75) is 42.8 Å². The van der Waals surface area contributed by atoms with E-state index in [4.69, 9.17) is 0 Å². The van der Waals surface area contributed by atoms with Gasteiger partial charge in [-0.1, -0.05) is 18.2 Å². The van der Waals surface area contributed by atoms with Gasteiger partial charge in [-0.25, -0.2) is 17.2 Å². The SMILES string of the molecule is O=C(O)CC(NC(=O)c1ccc(N2CCC(NC3=NCCCN3)CC2)c(F)c1F)NS(=O)(=O)c1ccccc1. The lowest BCUT2D eigenvalue weighted by Gasteiger charge is -2.35. The molecule has 2 aliphatic rings. The van der Waals surface area contributed by atoms with Gasteiger partial charge in [-0.15, -0.1) is 0 Å². The van der Waals surface area contributed by atoms with E-state index in [1.165, 1.54) is 30.3 Å². The fourth-order valence-electron chi connectivity index (χ4n) is 4.43. The van der Waals surface area contributed by atoms with E-state index in [2.05, 4.69) is 25.7 Å². The zero-order valence-electron chi connectivity index (χ0n) is 21.0. The van der Waals surface area contributed by atoms with Gasteiger partial charge in [0.25, 0.3) is 5.91 Å². The number of rotatable bonds is 9. The summed E-state index contributed by atoms with van der Waals surface area (Å²) >= 11 is 0. The number of carbonyl (C=O) groups is 2. The van der Waals surface area contributed by atoms with E-state index in [-0.39, 0.29) is 16.6 Å². The van der Waals surface area contributed by atoms with Crippen molar-refractivity contribution in [3.05, 3.63) is 59.7 Å². The minimum absolute atomic E-state index is 0.00231. The Balaban J connectivity index is 1.42. The zero-order chi connectivity index (χ0) is 28.0. The standard InChI is InChI=1S/C25H30F2N6O5S/c26-22-18(24(36)31-20(15-21(34)35)32-39(37,38)17-5-2-1-3-6-17)7-8-19(23(22)27)33-13-9-16(10-14-33)30-25-28-11-4-12-29-25/h1-3,5-8,16,20,32H,4,9-15H2,(H,31,36)(H,34,35)(H2,28,29,30). The number of hydrogen-bond acceptors (Lipinski definition) is 8. The van der Waals surface area contributed by atoms with Gasteiger partial charge in [0.15, 0.2) is 17.6 Å². The van der Waals surface area contributed by atoms with Crippen LogP contribution in [-0.2, 0) is 14.8 Å². The maximum Gasteiger partial charge on any atom is 0.306 e. The van der Waals surface area contributed by atoms with Crippen LogP contribution in [0.4, 0.5) is 14.5 Å². The first-order valence-electron chi connectivity index (χ1n) is 12.5. The first-order chi connectivity index (χ1) is 18.6. The number of carboxylic acids is 1. The smallest absolute Gasteiger partial charge is 0.306 e. The minimum atomic E-state index is -4.21. The molecular weight excluding hydrogens is 534 g/mol. The van der Waals surface area contributed by atoms with Crippen LogP contribution >= 0.6 is 0 Å². The fourth-order valence-corrected chi connectivity index (χ4v) is 5.60. The van der Waals surface area contributed by atoms with Gasteiger partial charge in [-0.05, 0) is 43.5 Å². The second kappa shape index (κ2) is 12.4. The molecule has 0 aromatic heterocycles. The number of aliphatic carboxylic acids is 1. The number of aliphatic imine (C=N–C) groups is 1. The third-order valence-electron chi connectivity index (χ3n) is 6.42. The fraction of sp³-hybridized carbons (Fsp3) is 0.400. The summed E-state index contributed by atoms with van der Waals surface area (Å²) in [5.74, 6) is -4.46. The first-order valence-corrected chi connectivity index (χ1v) is 14.0. The minimum Gasteiger partial charge on any atom is -0.481 e. The van der Waals surface area contributed by atoms with Crippen molar-refractivity contribution < 1.29 is 31.9 Å². The number of sulfonamides is 1. The van der Waals surface area contributed by atoms with E-state index < -0.39 is 51.7 Å². The average molecular weight is 565 g/mol. The summed E-state index contributed by atoms with van der Waals surface area (Å²) < 4.78 is 57.4. The lowest BCUT2D eigenvalue weighted by atomic mass is 10.0. The van der Waals surface area contributed by atoms with E-state index in [9.17, 15) is 23.1 Å². The van der Waals surface area contributed by atoms with Gasteiger partial charge in [0.1, 0.15) is 6.17 Å². The van der Waals surface area contributed by atoms with Crippen molar-refractivity contribution in [2.24, 2.45) is 4.99 Å². The molecule has 1 saturated heterocycles. The monoisotopic (exact) mass is 564 g/mol. The molecule has 0 spiro atoms. The number of halogens is 2. The first kappa shape index (κ1) is 28.2. The Kier molecular flexibility index (Phi) is 8.97. The zero-order valence-corrected chi connectivity index (χ0v) is 21.8. The normalized spacial score (nSPS) is 17.1. The predicted molar refractivity (Wildman–Crippen MR) is 140 cm³/mol. The molecule has 1 amide bonds. The molecule has 1 atom stereocenters. The molecule has 2 aromatic carbocycles. The summed E-state index contributed by atoms with van der Waals surface area (Å²) in [5.41, 5.74) is -0.675. The molecule has 4 rings (SSSR count). The van der Waals surface area contributed by atoms with Crippen LogP contribution in [0.2, 0.25) is 0 Å². The number of carbonyl (C=O) groups excluding carboxylic acids is 1. The molecule has 1 fully saturated rings. The Morgan fingerprint density at radius 3 is 2.46 bits per heavy atom. The van der Waals surface area contributed by atoms with Gasteiger partial charge in [-0.3, -0.25) is 14.6 Å². The molecule has 0 saturated carbocycles. The van der Waals surface area contributed by atoms with Gasteiger partial charge in [0, 0.05) is 32.2 Å². The number of nitrogens with one attached hydrogen (secondary N) is 4. The average Bonchev–Trinajstić information content (AvgIpc) is 2.91. The van der Waals surface area contributed by atoms with Crippen LogP contribution < -0.4 is 25.6 Å². The lowest BCUT2D eigenvalue weighted by molar-refractivity contribution is -0.137. The maximum absolute atomic E-state index is 15.1. The second-order valence-electron chi connectivity index (χ2n) is 9.23. The van der Waals surface area contributed by atoms with Crippen LogP contribution in [0.15, 0.2) is 52.4 Å². The maximum atomic E-state index is 15.1. The highest BCUT2D eigenvalue weighted by molar-refractivity contribution is 7.89. The van der Waals surface area contributed by atoms with Gasteiger partial charge >= 0.3 is 5.97 Å². The number of anilines is 1. The molecule has 2 aliphatic heterocycles. The molecule has 39 heavy (non-hydrogen) atoms. The summed E-state index contributed by atoms with van der Waals surface area (Å²) in [6.45, 7) is 2.52. The summed E-state index contributed by atoms with van der Waals surface area (Å²) in [6.07, 6.45) is -0.126. The van der Waals surface area contributed by atoms with E-state index in [1.807, 2.05) is 0 Å². The van der Waals surface area contributed by atoms with Crippen LogP contribution in [-0.4, -0.2) is 69.7 Å². The van der Waals surface area contributed by atoms with Gasteiger partial charge in [-0.2, -0.15) is 4.72 Å². The molecule has 210 valence electrons. The van der Waals surface area contributed by atoms with Crippen molar-refractivity contribution in [1.82, 2.24) is 20.7 Å². The molecule has 5 N–H and O–H groups in total. The van der Waals surface area contributed by atoms with Gasteiger partial charge < -0.3 is 26.0 Å². The van der Waals surface area contributed by atoms with Crippen molar-refractivity contribution in [3.63, 3.8) is 0 Å². The number of benzene rings is 2. The van der Waals surface area contributed by atoms with Crippen LogP contribution in [0, 0.1) is 11.6 Å². The van der Waals surface area contributed by atoms with Crippen LogP contribution in [0.5, 0.6) is 0 Å². The number of guanidine groups is 1. The molecule has 0 bridgehead atoms. The Labute approximate surface area is 224 Å². The van der Waals surface area contributed by atoms with Gasteiger partial charge in [0.05, 0.1) is 22.6 Å². The molecular formula is C25H30F2N6O5S. The van der Waals surface area contributed by atoms with Crippen molar-refractivity contribution in [3.8, 4) is 0 Å². The predicted octanol–water partition coefficient (Wildman–Crippen LogP) is 1.38. The number of carboxylic acid groups (broad SMARTS) is 1. The summed E-state index contributed by atoms with van der Waals surface area (Å²) in [5, 5.41) is 17.9. The Hall–Kier alpha value is -3.78. The number of nitrogens with zero attached hydrogens (tertiary/aromatic N) is 2. The molecule has 11 nitrogen and oxygen atoms in total. The van der Waals surface area contributed by atoms with Crippen molar-refractivity contribution in [2.75, 3.05) is 31.1 Å². The second-order valence-corrected chi connectivity index (χ2v) is 10.9. The molecule has 1 unspecified atom stereocenters. The van der Waals surface area contributed by atoms with E-state index in [0.29, 0.717) is 25.9 Å². The number of hydrogen-bond donors (Lipinski definition) is 5. The highest BCUT2D eigenvalue weighted by Crippen LogP contribution is 2.27. The van der Waals surface area contributed by atoms with Gasteiger partial charge in [0.2, 0.25) is 10.0 Å². The Bertz CT molecular complexity index is 1330. The molecule has 0 radical (unpaired) electrons.